The van der Waals surface area contributed by atoms with E-state index in [1.54, 1.807) is 0 Å². The van der Waals surface area contributed by atoms with Crippen LogP contribution >= 0.6 is 0 Å². The van der Waals surface area contributed by atoms with E-state index in [0.717, 1.165) is 17.5 Å². The van der Waals surface area contributed by atoms with Crippen LogP contribution in [-0.4, -0.2) is 36.4 Å². The number of rotatable bonds is 4. The summed E-state index contributed by atoms with van der Waals surface area (Å²) in [6.07, 6.45) is 0.186. The van der Waals surface area contributed by atoms with Crippen molar-refractivity contribution >= 4 is 11.8 Å². The van der Waals surface area contributed by atoms with Gasteiger partial charge >= 0.3 is 0 Å². The summed E-state index contributed by atoms with van der Waals surface area (Å²) in [7, 11) is 0. The molecule has 0 spiro atoms. The summed E-state index contributed by atoms with van der Waals surface area (Å²) >= 11 is 0. The average Bonchev–Trinajstić information content (AvgIpc) is 2.43. The summed E-state index contributed by atoms with van der Waals surface area (Å²) in [5, 5.41) is 0. The Balaban J connectivity index is 2.22. The summed E-state index contributed by atoms with van der Waals surface area (Å²) in [4.78, 5) is 24.8. The van der Waals surface area contributed by atoms with Gasteiger partial charge in [-0.05, 0) is 24.5 Å². The van der Waals surface area contributed by atoms with E-state index in [0.29, 0.717) is 13.2 Å². The second-order valence-corrected chi connectivity index (χ2v) is 4.52. The molecule has 1 aliphatic rings. The SMILES string of the molecule is CCN(CC(N)=O)C(=O)C1OCCc2ccccc21. The number of carbonyl (C=O) groups excluding carboxylic acids is 2. The smallest absolute Gasteiger partial charge is 0.256 e. The molecule has 0 bridgehead atoms. The highest BCUT2D eigenvalue weighted by Gasteiger charge is 2.30. The molecule has 0 aromatic heterocycles. The van der Waals surface area contributed by atoms with Crippen molar-refractivity contribution in [3.63, 3.8) is 0 Å². The Morgan fingerprint density at radius 2 is 2.16 bits per heavy atom. The zero-order chi connectivity index (χ0) is 13.8. The van der Waals surface area contributed by atoms with Crippen molar-refractivity contribution in [2.45, 2.75) is 19.4 Å². The molecule has 5 nitrogen and oxygen atoms in total. The van der Waals surface area contributed by atoms with Gasteiger partial charge in [-0.1, -0.05) is 24.3 Å². The van der Waals surface area contributed by atoms with Crippen LogP contribution in [0.1, 0.15) is 24.2 Å². The van der Waals surface area contributed by atoms with Crippen molar-refractivity contribution in [1.82, 2.24) is 4.90 Å². The molecular formula is C14H18N2O3. The van der Waals surface area contributed by atoms with Gasteiger partial charge in [-0.15, -0.1) is 0 Å². The minimum absolute atomic E-state index is 0.0721. The fourth-order valence-electron chi connectivity index (χ4n) is 2.30. The number of carbonyl (C=O) groups is 2. The number of ether oxygens (including phenoxy) is 1. The highest BCUT2D eigenvalue weighted by atomic mass is 16.5. The summed E-state index contributed by atoms with van der Waals surface area (Å²) in [6, 6.07) is 7.74. The Bertz CT molecular complexity index is 487. The Labute approximate surface area is 112 Å². The fraction of sp³-hybridized carbons (Fsp3) is 0.429. The van der Waals surface area contributed by atoms with Gasteiger partial charge in [0.25, 0.3) is 5.91 Å². The summed E-state index contributed by atoms with van der Waals surface area (Å²) in [5.41, 5.74) is 7.17. The van der Waals surface area contributed by atoms with Gasteiger partial charge in [-0.25, -0.2) is 0 Å². The first-order chi connectivity index (χ1) is 9.13. The van der Waals surface area contributed by atoms with Crippen molar-refractivity contribution in [3.05, 3.63) is 35.4 Å². The van der Waals surface area contributed by atoms with E-state index in [4.69, 9.17) is 10.5 Å². The molecule has 0 saturated carbocycles. The van der Waals surface area contributed by atoms with Gasteiger partial charge in [0.1, 0.15) is 0 Å². The summed E-state index contributed by atoms with van der Waals surface area (Å²) in [5.74, 6) is -0.715. The molecule has 2 amide bonds. The number of likely N-dealkylation sites (N-methyl/N-ethyl adjacent to an activating group) is 1. The van der Waals surface area contributed by atoms with Crippen molar-refractivity contribution < 1.29 is 14.3 Å². The first-order valence-corrected chi connectivity index (χ1v) is 6.40. The third kappa shape index (κ3) is 2.93. The molecular weight excluding hydrogens is 244 g/mol. The lowest BCUT2D eigenvalue weighted by molar-refractivity contribution is -0.147. The molecule has 2 N–H and O–H groups in total. The van der Waals surface area contributed by atoms with E-state index in [1.165, 1.54) is 4.90 Å². The lowest BCUT2D eigenvalue weighted by Crippen LogP contribution is -2.42. The van der Waals surface area contributed by atoms with Gasteiger partial charge in [0, 0.05) is 6.54 Å². The molecule has 5 heteroatoms. The Hall–Kier alpha value is -1.88. The van der Waals surface area contributed by atoms with E-state index in [9.17, 15) is 9.59 Å². The predicted molar refractivity (Wildman–Crippen MR) is 70.3 cm³/mol. The molecule has 1 unspecified atom stereocenters. The lowest BCUT2D eigenvalue weighted by Gasteiger charge is -2.29. The van der Waals surface area contributed by atoms with Crippen LogP contribution in [0.5, 0.6) is 0 Å². The van der Waals surface area contributed by atoms with Crippen molar-refractivity contribution in [2.75, 3.05) is 19.7 Å². The molecule has 19 heavy (non-hydrogen) atoms. The normalized spacial score (nSPS) is 17.6. The molecule has 102 valence electrons. The van der Waals surface area contributed by atoms with Crippen LogP contribution in [0.4, 0.5) is 0 Å². The molecule has 0 saturated heterocycles. The van der Waals surface area contributed by atoms with Crippen molar-refractivity contribution in [3.8, 4) is 0 Å². The van der Waals surface area contributed by atoms with E-state index < -0.39 is 12.0 Å². The van der Waals surface area contributed by atoms with Crippen LogP contribution in [0, 0.1) is 0 Å². The van der Waals surface area contributed by atoms with Gasteiger partial charge in [0.2, 0.25) is 5.91 Å². The van der Waals surface area contributed by atoms with Crippen LogP contribution < -0.4 is 5.73 Å². The second-order valence-electron chi connectivity index (χ2n) is 4.52. The first kappa shape index (κ1) is 13.5. The zero-order valence-electron chi connectivity index (χ0n) is 11.0. The maximum absolute atomic E-state index is 12.4. The quantitative estimate of drug-likeness (QED) is 0.865. The highest BCUT2D eigenvalue weighted by Crippen LogP contribution is 2.28. The maximum atomic E-state index is 12.4. The van der Waals surface area contributed by atoms with Crippen LogP contribution in [0.3, 0.4) is 0 Å². The van der Waals surface area contributed by atoms with Crippen LogP contribution in [0.15, 0.2) is 24.3 Å². The van der Waals surface area contributed by atoms with E-state index in [1.807, 2.05) is 31.2 Å². The van der Waals surface area contributed by atoms with Crippen LogP contribution in [0.2, 0.25) is 0 Å². The number of amides is 2. The van der Waals surface area contributed by atoms with Crippen LogP contribution in [0.25, 0.3) is 0 Å². The predicted octanol–water partition coefficient (Wildman–Crippen LogP) is 0.634. The third-order valence-corrected chi connectivity index (χ3v) is 3.26. The molecule has 1 aliphatic heterocycles. The molecule has 0 aliphatic carbocycles. The van der Waals surface area contributed by atoms with Gasteiger partial charge in [0.05, 0.1) is 13.2 Å². The second kappa shape index (κ2) is 5.84. The van der Waals surface area contributed by atoms with Gasteiger partial charge < -0.3 is 15.4 Å². The Kier molecular flexibility index (Phi) is 4.16. The number of hydrogen-bond donors (Lipinski definition) is 1. The van der Waals surface area contributed by atoms with Gasteiger partial charge in [0.15, 0.2) is 6.10 Å². The number of primary amides is 1. The molecule has 1 aromatic carbocycles. The van der Waals surface area contributed by atoms with E-state index >= 15 is 0 Å². The molecule has 1 aromatic rings. The standard InChI is InChI=1S/C14H18N2O3/c1-2-16(9-12(15)17)14(18)13-11-6-4-3-5-10(11)7-8-19-13/h3-6,13H,2,7-9H2,1H3,(H2,15,17). The zero-order valence-corrected chi connectivity index (χ0v) is 11.0. The topological polar surface area (TPSA) is 72.6 Å². The first-order valence-electron chi connectivity index (χ1n) is 6.40. The lowest BCUT2D eigenvalue weighted by atomic mass is 9.97. The van der Waals surface area contributed by atoms with E-state index in [2.05, 4.69) is 0 Å². The molecule has 0 fully saturated rings. The number of fused-ring (bicyclic) bond motifs is 1. The minimum atomic E-state index is -0.621. The molecule has 1 heterocycles. The number of nitrogens with two attached hydrogens (primary N) is 1. The number of benzene rings is 1. The number of nitrogens with zero attached hydrogens (tertiary/aromatic N) is 1. The van der Waals surface area contributed by atoms with Gasteiger partial charge in [-0.2, -0.15) is 0 Å². The highest BCUT2D eigenvalue weighted by molar-refractivity contribution is 5.87. The van der Waals surface area contributed by atoms with Crippen molar-refractivity contribution in [2.24, 2.45) is 5.73 Å². The Morgan fingerprint density at radius 3 is 2.84 bits per heavy atom. The number of hydrogen-bond acceptors (Lipinski definition) is 3. The minimum Gasteiger partial charge on any atom is -0.368 e. The summed E-state index contributed by atoms with van der Waals surface area (Å²) in [6.45, 7) is 2.69. The van der Waals surface area contributed by atoms with Crippen molar-refractivity contribution in [1.29, 1.82) is 0 Å². The average molecular weight is 262 g/mol. The monoisotopic (exact) mass is 262 g/mol. The molecule has 1 atom stereocenters. The molecule has 0 radical (unpaired) electrons. The fourth-order valence-corrected chi connectivity index (χ4v) is 2.30. The van der Waals surface area contributed by atoms with Gasteiger partial charge in [-0.3, -0.25) is 9.59 Å². The third-order valence-electron chi connectivity index (χ3n) is 3.26. The van der Waals surface area contributed by atoms with Crippen LogP contribution in [-0.2, 0) is 20.7 Å². The molecule has 2 rings (SSSR count). The van der Waals surface area contributed by atoms with E-state index in [-0.39, 0.29) is 12.5 Å². The maximum Gasteiger partial charge on any atom is 0.256 e. The summed E-state index contributed by atoms with van der Waals surface area (Å²) < 4.78 is 5.59. The largest absolute Gasteiger partial charge is 0.368 e. The Morgan fingerprint density at radius 1 is 1.42 bits per heavy atom.